The molecule has 0 aliphatic carbocycles. The number of aryl methyl sites for hydroxylation is 1. The molecule has 8 nitrogen and oxygen atoms in total. The van der Waals surface area contributed by atoms with Crippen molar-refractivity contribution >= 4 is 29.1 Å². The smallest absolute Gasteiger partial charge is 0.324 e. The van der Waals surface area contributed by atoms with E-state index < -0.39 is 0 Å². The Bertz CT molecular complexity index is 1560. The maximum Gasteiger partial charge on any atom is 0.324 e. The molecule has 1 aromatic heterocycles. The van der Waals surface area contributed by atoms with Crippen LogP contribution in [0.1, 0.15) is 56.0 Å². The Morgan fingerprint density at radius 1 is 0.907 bits per heavy atom. The number of carbonyl (C=O) groups excluding carboxylic acids is 2. The minimum Gasteiger partial charge on any atom is -0.399 e. The van der Waals surface area contributed by atoms with E-state index in [0.717, 1.165) is 60.5 Å². The zero-order chi connectivity index (χ0) is 30.6. The van der Waals surface area contributed by atoms with Crippen molar-refractivity contribution in [3.8, 4) is 5.69 Å². The van der Waals surface area contributed by atoms with Crippen LogP contribution in [0.3, 0.4) is 0 Å². The highest BCUT2D eigenvalue weighted by Gasteiger charge is 2.24. The van der Waals surface area contributed by atoms with Crippen molar-refractivity contribution in [3.63, 3.8) is 0 Å². The Balaban J connectivity index is 1.17. The van der Waals surface area contributed by atoms with Crippen molar-refractivity contribution in [1.29, 1.82) is 0 Å². The van der Waals surface area contributed by atoms with Crippen molar-refractivity contribution in [3.05, 3.63) is 101 Å². The van der Waals surface area contributed by atoms with E-state index in [1.54, 1.807) is 4.68 Å². The lowest BCUT2D eigenvalue weighted by Crippen LogP contribution is -2.39. The summed E-state index contributed by atoms with van der Waals surface area (Å²) < 4.78 is 1.78. The number of nitrogens with one attached hydrogen (secondary N) is 2. The number of urea groups is 1. The van der Waals surface area contributed by atoms with Gasteiger partial charge < -0.3 is 16.0 Å². The molecule has 5 rings (SSSR count). The molecule has 43 heavy (non-hydrogen) atoms. The summed E-state index contributed by atoms with van der Waals surface area (Å²) in [6.45, 7) is 9.89. The van der Waals surface area contributed by atoms with Crippen LogP contribution in [0.2, 0.25) is 0 Å². The molecule has 0 radical (unpaired) electrons. The van der Waals surface area contributed by atoms with Crippen LogP contribution in [0.5, 0.6) is 0 Å². The molecule has 224 valence electrons. The number of piperidine rings is 1. The van der Waals surface area contributed by atoms with Crippen LogP contribution in [0.15, 0.2) is 78.9 Å². The van der Waals surface area contributed by atoms with Crippen molar-refractivity contribution in [2.45, 2.75) is 58.8 Å². The molecular formula is C35H42N6O2. The lowest BCUT2D eigenvalue weighted by atomic mass is 9.90. The fraction of sp³-hybridized carbons (Fsp3) is 0.343. The Hall–Kier alpha value is -4.59. The topological polar surface area (TPSA) is 105 Å². The summed E-state index contributed by atoms with van der Waals surface area (Å²) >= 11 is 0. The summed E-state index contributed by atoms with van der Waals surface area (Å²) in [5.74, 6) is 1.27. The normalized spacial score (nSPS) is 14.0. The van der Waals surface area contributed by atoms with Crippen molar-refractivity contribution in [2.24, 2.45) is 5.92 Å². The fourth-order valence-corrected chi connectivity index (χ4v) is 5.42. The second kappa shape index (κ2) is 12.7. The Kier molecular flexibility index (Phi) is 8.85. The molecule has 3 amide bonds. The van der Waals surface area contributed by atoms with E-state index in [4.69, 9.17) is 10.8 Å². The molecule has 0 bridgehead atoms. The second-order valence-corrected chi connectivity index (χ2v) is 12.6. The fourth-order valence-electron chi connectivity index (χ4n) is 5.42. The summed E-state index contributed by atoms with van der Waals surface area (Å²) in [5, 5.41) is 10.8. The molecule has 1 aliphatic rings. The largest absolute Gasteiger partial charge is 0.399 e. The number of amides is 3. The first-order valence-electron chi connectivity index (χ1n) is 15.0. The van der Waals surface area contributed by atoms with E-state index in [9.17, 15) is 9.59 Å². The van der Waals surface area contributed by atoms with Gasteiger partial charge in [-0.1, -0.05) is 62.7 Å². The first-order valence-corrected chi connectivity index (χ1v) is 15.0. The van der Waals surface area contributed by atoms with Gasteiger partial charge in [-0.25, -0.2) is 9.48 Å². The molecule has 0 saturated carbocycles. The highest BCUT2D eigenvalue weighted by molar-refractivity contribution is 5.99. The molecule has 1 saturated heterocycles. The maximum atomic E-state index is 13.1. The van der Waals surface area contributed by atoms with E-state index >= 15 is 0 Å². The highest BCUT2D eigenvalue weighted by Crippen LogP contribution is 2.27. The average Bonchev–Trinajstić information content (AvgIpc) is 3.39. The van der Waals surface area contributed by atoms with Gasteiger partial charge in [-0.3, -0.25) is 10.1 Å². The number of rotatable bonds is 7. The second-order valence-electron chi connectivity index (χ2n) is 12.6. The lowest BCUT2D eigenvalue weighted by Gasteiger charge is -2.32. The van der Waals surface area contributed by atoms with Crippen LogP contribution in [-0.2, 0) is 23.1 Å². The molecule has 1 fully saturated rings. The number of nitrogen functional groups attached to an aromatic ring is 1. The molecule has 0 atom stereocenters. The van der Waals surface area contributed by atoms with Crippen LogP contribution in [0.25, 0.3) is 5.69 Å². The Morgan fingerprint density at radius 3 is 2.28 bits per heavy atom. The third kappa shape index (κ3) is 7.83. The third-order valence-corrected chi connectivity index (χ3v) is 8.01. The van der Waals surface area contributed by atoms with Gasteiger partial charge in [-0.05, 0) is 79.6 Å². The van der Waals surface area contributed by atoms with Crippen LogP contribution >= 0.6 is 0 Å². The van der Waals surface area contributed by atoms with E-state index in [1.807, 2.05) is 84.6 Å². The van der Waals surface area contributed by atoms with Gasteiger partial charge in [0.15, 0.2) is 0 Å². The summed E-state index contributed by atoms with van der Waals surface area (Å²) in [6, 6.07) is 25.2. The number of nitrogens with two attached hydrogens (primary N) is 1. The Morgan fingerprint density at radius 2 is 1.60 bits per heavy atom. The summed E-state index contributed by atoms with van der Waals surface area (Å²) in [7, 11) is 0. The number of benzene rings is 3. The quantitative estimate of drug-likeness (QED) is 0.212. The van der Waals surface area contributed by atoms with Gasteiger partial charge in [-0.2, -0.15) is 5.10 Å². The minimum atomic E-state index is -0.321. The molecule has 3 aromatic carbocycles. The van der Waals surface area contributed by atoms with Crippen LogP contribution in [-0.4, -0.2) is 39.7 Å². The van der Waals surface area contributed by atoms with Gasteiger partial charge in [0.25, 0.3) is 0 Å². The number of anilines is 3. The van der Waals surface area contributed by atoms with Crippen molar-refractivity contribution in [1.82, 2.24) is 14.7 Å². The van der Waals surface area contributed by atoms with E-state index in [1.165, 1.54) is 5.56 Å². The molecule has 0 spiro atoms. The lowest BCUT2D eigenvalue weighted by molar-refractivity contribution is -0.131. The summed E-state index contributed by atoms with van der Waals surface area (Å²) in [5.41, 5.74) is 12.1. The van der Waals surface area contributed by atoms with E-state index in [2.05, 4.69) is 37.5 Å². The monoisotopic (exact) mass is 578 g/mol. The molecule has 4 aromatic rings. The minimum absolute atomic E-state index is 0.166. The van der Waals surface area contributed by atoms with Crippen molar-refractivity contribution < 1.29 is 9.59 Å². The molecule has 2 heterocycles. The van der Waals surface area contributed by atoms with Gasteiger partial charge >= 0.3 is 6.03 Å². The number of carbonyl (C=O) groups is 2. The number of hydrogen-bond donors (Lipinski definition) is 3. The molecule has 1 aliphatic heterocycles. The molecule has 4 N–H and O–H groups in total. The van der Waals surface area contributed by atoms with E-state index in [-0.39, 0.29) is 17.4 Å². The van der Waals surface area contributed by atoms with Gasteiger partial charge in [-0.15, -0.1) is 0 Å². The Labute approximate surface area is 254 Å². The number of likely N-dealkylation sites (tertiary alicyclic amines) is 1. The first-order chi connectivity index (χ1) is 20.5. The number of hydrogen-bond acceptors (Lipinski definition) is 4. The summed E-state index contributed by atoms with van der Waals surface area (Å²) in [6.07, 6.45) is 3.24. The highest BCUT2D eigenvalue weighted by atomic mass is 16.2. The van der Waals surface area contributed by atoms with Crippen LogP contribution in [0, 0.1) is 12.8 Å². The number of nitrogens with zero attached hydrogens (tertiary/aromatic N) is 3. The van der Waals surface area contributed by atoms with Crippen molar-refractivity contribution in [2.75, 3.05) is 29.5 Å². The molecule has 0 unspecified atom stereocenters. The van der Waals surface area contributed by atoms with Crippen LogP contribution in [0.4, 0.5) is 22.0 Å². The van der Waals surface area contributed by atoms with Gasteiger partial charge in [0.05, 0.1) is 17.8 Å². The van der Waals surface area contributed by atoms with E-state index in [0.29, 0.717) is 23.8 Å². The molecule has 8 heteroatoms. The zero-order valence-corrected chi connectivity index (χ0v) is 25.6. The zero-order valence-electron chi connectivity index (χ0n) is 25.6. The standard InChI is InChI=1S/C35H42N6O2/c1-24-8-14-30(15-9-24)41-32(23-31(39-41)35(2,3)4)38-34(43)37-29-7-5-6-27(21-29)20-26-16-18-40(19-17-26)33(42)22-25-10-12-28(36)13-11-25/h5-15,21,23,26H,16-20,22,36H2,1-4H3,(H2,37,38,43). The third-order valence-electron chi connectivity index (χ3n) is 8.01. The van der Waals surface area contributed by atoms with Gasteiger partial charge in [0.2, 0.25) is 5.91 Å². The predicted molar refractivity (Wildman–Crippen MR) is 174 cm³/mol. The van der Waals surface area contributed by atoms with Gasteiger partial charge in [0, 0.05) is 35.9 Å². The number of aromatic nitrogens is 2. The first kappa shape index (κ1) is 29.9. The average molecular weight is 579 g/mol. The van der Waals surface area contributed by atoms with Gasteiger partial charge in [0.1, 0.15) is 5.82 Å². The SMILES string of the molecule is Cc1ccc(-n2nc(C(C)(C)C)cc2NC(=O)Nc2cccc(CC3CCN(C(=O)Cc4ccc(N)cc4)CC3)c2)cc1. The van der Waals surface area contributed by atoms with Crippen LogP contribution < -0.4 is 16.4 Å². The molecular weight excluding hydrogens is 536 g/mol. The predicted octanol–water partition coefficient (Wildman–Crippen LogP) is 6.73. The maximum absolute atomic E-state index is 13.1. The summed E-state index contributed by atoms with van der Waals surface area (Å²) in [4.78, 5) is 27.9.